The summed E-state index contributed by atoms with van der Waals surface area (Å²) < 4.78 is 41.9. The van der Waals surface area contributed by atoms with Crippen LogP contribution < -0.4 is 9.47 Å². The molecule has 6 nitrogen and oxygen atoms in total. The molecule has 2 atom stereocenters. The van der Waals surface area contributed by atoms with Gasteiger partial charge in [0.15, 0.2) is 0 Å². The van der Waals surface area contributed by atoms with Crippen LogP contribution in [0, 0.1) is 17.0 Å². The highest BCUT2D eigenvalue weighted by atomic mass is 19.1. The zero-order valence-corrected chi connectivity index (χ0v) is 21.5. The number of aliphatic carboxylic acids is 1. The van der Waals surface area contributed by atoms with Crippen molar-refractivity contribution in [3.63, 3.8) is 0 Å². The number of hydrogen-bond donors (Lipinski definition) is 1. The molecule has 37 heavy (non-hydrogen) atoms. The Morgan fingerprint density at radius 2 is 2.03 bits per heavy atom. The first-order valence-corrected chi connectivity index (χ1v) is 12.4. The molecule has 0 amide bonds. The summed E-state index contributed by atoms with van der Waals surface area (Å²) in [5, 5.41) is 9.35. The van der Waals surface area contributed by atoms with E-state index >= 15 is 0 Å². The molecule has 0 saturated heterocycles. The number of benzene rings is 2. The van der Waals surface area contributed by atoms with Gasteiger partial charge in [-0.2, -0.15) is 0 Å². The van der Waals surface area contributed by atoms with Gasteiger partial charge in [0.05, 0.1) is 11.5 Å². The fraction of sp³-hybridized carbons (Fsp3) is 0.379. The van der Waals surface area contributed by atoms with Crippen LogP contribution in [0.15, 0.2) is 48.8 Å². The number of aromatic nitrogens is 2. The Labute approximate surface area is 215 Å². The van der Waals surface area contributed by atoms with Gasteiger partial charge in [0.2, 0.25) is 0 Å². The van der Waals surface area contributed by atoms with E-state index in [-0.39, 0.29) is 12.2 Å². The van der Waals surface area contributed by atoms with Crippen LogP contribution in [0.2, 0.25) is 0 Å². The molecule has 3 aromatic rings. The molecule has 0 aliphatic carbocycles. The minimum atomic E-state index is -0.825. The number of carbonyl (C=O) groups is 1. The van der Waals surface area contributed by atoms with Crippen LogP contribution in [0.1, 0.15) is 57.0 Å². The predicted molar refractivity (Wildman–Crippen MR) is 137 cm³/mol. The second-order valence-corrected chi connectivity index (χ2v) is 10.2. The van der Waals surface area contributed by atoms with Crippen molar-refractivity contribution in [2.75, 3.05) is 0 Å². The number of rotatable bonds is 10. The molecule has 0 spiro atoms. The largest absolute Gasteiger partial charge is 0.491 e. The van der Waals surface area contributed by atoms with E-state index in [1.807, 2.05) is 49.0 Å². The first-order chi connectivity index (χ1) is 17.5. The number of ether oxygens (including phenoxy) is 2. The Hall–Kier alpha value is -3.68. The fourth-order valence-corrected chi connectivity index (χ4v) is 4.34. The molecule has 196 valence electrons. The summed E-state index contributed by atoms with van der Waals surface area (Å²) in [4.78, 5) is 15.9. The molecule has 0 radical (unpaired) electrons. The molecule has 0 bridgehead atoms. The maximum Gasteiger partial charge on any atom is 0.309 e. The number of aryl methyl sites for hydroxylation is 2. The summed E-state index contributed by atoms with van der Waals surface area (Å²) in [6.45, 7) is 5.35. The SMILES string of the molecule is CC(CCC(C)(C)C(=O)O)Oc1ccc2c(c1)C=C(c1nccn1C)C(CCc1ccc(F)cc1F)O2. The van der Waals surface area contributed by atoms with Crippen LogP contribution in [0.5, 0.6) is 11.5 Å². The van der Waals surface area contributed by atoms with E-state index in [1.165, 1.54) is 12.1 Å². The van der Waals surface area contributed by atoms with Crippen LogP contribution in [-0.4, -0.2) is 32.8 Å². The number of hydrogen-bond acceptors (Lipinski definition) is 4. The molecular weight excluding hydrogens is 478 g/mol. The molecule has 1 aliphatic rings. The first-order valence-electron chi connectivity index (χ1n) is 12.4. The van der Waals surface area contributed by atoms with Crippen LogP contribution in [-0.2, 0) is 18.3 Å². The van der Waals surface area contributed by atoms with Crippen molar-refractivity contribution in [3.8, 4) is 11.5 Å². The van der Waals surface area contributed by atoms with Gasteiger partial charge in [-0.1, -0.05) is 6.07 Å². The van der Waals surface area contributed by atoms with Gasteiger partial charge < -0.3 is 19.1 Å². The standard InChI is InChI=1S/C29H32F2N2O4/c1-18(11-12-29(2,3)28(34)35)36-22-8-10-25-20(15-22)16-23(27-32-13-14-33(27)4)26(37-25)9-6-19-5-7-21(30)17-24(19)31/h5,7-8,10,13-18,26H,6,9,11-12H2,1-4H3,(H,34,35). The third-order valence-corrected chi connectivity index (χ3v) is 6.77. The smallest absolute Gasteiger partial charge is 0.309 e. The third-order valence-electron chi connectivity index (χ3n) is 6.77. The van der Waals surface area contributed by atoms with Gasteiger partial charge in [-0.15, -0.1) is 0 Å². The van der Waals surface area contributed by atoms with E-state index in [1.54, 1.807) is 20.0 Å². The Bertz CT molecular complexity index is 1310. The lowest BCUT2D eigenvalue weighted by Gasteiger charge is -2.28. The second kappa shape index (κ2) is 10.7. The molecule has 8 heteroatoms. The lowest BCUT2D eigenvalue weighted by Crippen LogP contribution is -2.26. The summed E-state index contributed by atoms with van der Waals surface area (Å²) >= 11 is 0. The Morgan fingerprint density at radius 1 is 1.24 bits per heavy atom. The molecule has 0 saturated carbocycles. The number of carboxylic acid groups (broad SMARTS) is 1. The summed E-state index contributed by atoms with van der Waals surface area (Å²) in [6, 6.07) is 9.19. The molecule has 4 rings (SSSR count). The normalized spacial score (nSPS) is 15.9. The van der Waals surface area contributed by atoms with E-state index in [9.17, 15) is 18.7 Å². The molecule has 1 N–H and O–H groups in total. The molecule has 2 aromatic carbocycles. The topological polar surface area (TPSA) is 73.6 Å². The van der Waals surface area contributed by atoms with E-state index in [4.69, 9.17) is 9.47 Å². The predicted octanol–water partition coefficient (Wildman–Crippen LogP) is 6.29. The Morgan fingerprint density at radius 3 is 2.70 bits per heavy atom. The van der Waals surface area contributed by atoms with Crippen LogP contribution in [0.4, 0.5) is 8.78 Å². The van der Waals surface area contributed by atoms with E-state index in [0.29, 0.717) is 42.7 Å². The highest BCUT2D eigenvalue weighted by Gasteiger charge is 2.29. The van der Waals surface area contributed by atoms with Crippen LogP contribution >= 0.6 is 0 Å². The Kier molecular flexibility index (Phi) is 7.66. The van der Waals surface area contributed by atoms with Gasteiger partial charge in [-0.05, 0) is 82.4 Å². The van der Waals surface area contributed by atoms with Crippen molar-refractivity contribution in [1.29, 1.82) is 0 Å². The van der Waals surface area contributed by atoms with E-state index in [0.717, 1.165) is 23.0 Å². The lowest BCUT2D eigenvalue weighted by atomic mass is 9.87. The van der Waals surface area contributed by atoms with Crippen molar-refractivity contribution in [2.45, 2.75) is 58.7 Å². The summed E-state index contributed by atoms with van der Waals surface area (Å²) in [7, 11) is 1.90. The van der Waals surface area contributed by atoms with Gasteiger partial charge >= 0.3 is 5.97 Å². The van der Waals surface area contributed by atoms with E-state index < -0.39 is 23.0 Å². The molecule has 0 fully saturated rings. The van der Waals surface area contributed by atoms with Gasteiger partial charge in [-0.25, -0.2) is 13.8 Å². The second-order valence-electron chi connectivity index (χ2n) is 10.2. The monoisotopic (exact) mass is 510 g/mol. The maximum atomic E-state index is 14.2. The zero-order chi connectivity index (χ0) is 26.7. The average Bonchev–Trinajstić information content (AvgIpc) is 3.27. The number of nitrogens with zero attached hydrogens (tertiary/aromatic N) is 2. The van der Waals surface area contributed by atoms with Crippen molar-refractivity contribution in [2.24, 2.45) is 12.5 Å². The van der Waals surface area contributed by atoms with Crippen LogP contribution in [0.3, 0.4) is 0 Å². The minimum Gasteiger partial charge on any atom is -0.491 e. The maximum absolute atomic E-state index is 14.2. The van der Waals surface area contributed by atoms with Gasteiger partial charge in [-0.3, -0.25) is 4.79 Å². The molecular formula is C29H32F2N2O4. The molecule has 2 unspecified atom stereocenters. The van der Waals surface area contributed by atoms with E-state index in [2.05, 4.69) is 4.98 Å². The fourth-order valence-electron chi connectivity index (χ4n) is 4.34. The molecule has 1 aromatic heterocycles. The third kappa shape index (κ3) is 6.18. The van der Waals surface area contributed by atoms with Gasteiger partial charge in [0.25, 0.3) is 0 Å². The van der Waals surface area contributed by atoms with Crippen molar-refractivity contribution < 1.29 is 28.2 Å². The first kappa shape index (κ1) is 26.4. The number of imidazole rings is 1. The van der Waals surface area contributed by atoms with Crippen molar-refractivity contribution >= 4 is 17.6 Å². The number of fused-ring (bicyclic) bond motifs is 1. The zero-order valence-electron chi connectivity index (χ0n) is 21.5. The summed E-state index contributed by atoms with van der Waals surface area (Å²) in [6.07, 6.45) is 6.98. The number of halogens is 2. The van der Waals surface area contributed by atoms with Crippen LogP contribution in [0.25, 0.3) is 11.6 Å². The minimum absolute atomic E-state index is 0.169. The summed E-state index contributed by atoms with van der Waals surface area (Å²) in [5.74, 6) is 0.0805. The van der Waals surface area contributed by atoms with Gasteiger partial charge in [0, 0.05) is 36.6 Å². The highest BCUT2D eigenvalue weighted by molar-refractivity contribution is 5.85. The summed E-state index contributed by atoms with van der Waals surface area (Å²) in [5.41, 5.74) is 1.31. The quantitative estimate of drug-likeness (QED) is 0.347. The van der Waals surface area contributed by atoms with Gasteiger partial charge in [0.1, 0.15) is 35.1 Å². The highest BCUT2D eigenvalue weighted by Crippen LogP contribution is 2.38. The average molecular weight is 511 g/mol. The number of carboxylic acids is 1. The molecule has 2 heterocycles. The lowest BCUT2D eigenvalue weighted by molar-refractivity contribution is -0.147. The van der Waals surface area contributed by atoms with Crippen molar-refractivity contribution in [1.82, 2.24) is 9.55 Å². The Balaban J connectivity index is 1.53. The molecule has 1 aliphatic heterocycles. The van der Waals surface area contributed by atoms with Crippen molar-refractivity contribution in [3.05, 3.63) is 77.4 Å².